The zero-order valence-corrected chi connectivity index (χ0v) is 30.8. The molecule has 3 fully saturated rings. The number of hydrogen-bond acceptors (Lipinski definition) is 6. The number of nitrogens with one attached hydrogen (secondary N) is 3. The Morgan fingerprint density at radius 2 is 1.92 bits per heavy atom. The summed E-state index contributed by atoms with van der Waals surface area (Å²) in [5.74, 6) is 0.0354. The average Bonchev–Trinajstić information content (AvgIpc) is 3.90. The first kappa shape index (κ1) is 35.9. The smallest absolute Gasteiger partial charge is 0.407 e. The lowest BCUT2D eigenvalue weighted by Crippen LogP contribution is -2.60. The minimum atomic E-state index is -2.75. The van der Waals surface area contributed by atoms with Gasteiger partial charge in [0.05, 0.1) is 29.1 Å². The van der Waals surface area contributed by atoms with Crippen LogP contribution in [-0.2, 0) is 9.53 Å². The Labute approximate surface area is 306 Å². The molecule has 3 aliphatic carbocycles. The second-order valence-electron chi connectivity index (χ2n) is 16.4. The fourth-order valence-electron chi connectivity index (χ4n) is 7.36. The number of rotatable bonds is 11. The van der Waals surface area contributed by atoms with Crippen molar-refractivity contribution >= 4 is 35.1 Å². The lowest BCUT2D eigenvalue weighted by molar-refractivity contribution is -0.138. The summed E-state index contributed by atoms with van der Waals surface area (Å²) in [5.41, 5.74) is 0.798. The molecule has 3 aromatic rings. The zero-order chi connectivity index (χ0) is 37.2. The average molecular weight is 735 g/mol. The molecule has 1 unspecified atom stereocenters. The third-order valence-corrected chi connectivity index (χ3v) is 11.1. The molecule has 2 saturated carbocycles. The quantitative estimate of drug-likeness (QED) is 0.184. The fraction of sp³-hybridized carbons (Fsp3) is 0.500. The Bertz CT molecular complexity index is 1970. The van der Waals surface area contributed by atoms with Crippen LogP contribution < -0.4 is 10.6 Å². The van der Waals surface area contributed by atoms with Gasteiger partial charge in [0, 0.05) is 28.9 Å². The summed E-state index contributed by atoms with van der Waals surface area (Å²) >= 11 is 6.73. The van der Waals surface area contributed by atoms with Crippen molar-refractivity contribution in [2.75, 3.05) is 6.61 Å². The molecule has 52 heavy (non-hydrogen) atoms. The van der Waals surface area contributed by atoms with Gasteiger partial charge in [-0.3, -0.25) is 15.1 Å². The van der Waals surface area contributed by atoms with Gasteiger partial charge in [-0.1, -0.05) is 63.6 Å². The van der Waals surface area contributed by atoms with Crippen LogP contribution in [0.1, 0.15) is 108 Å². The number of carbonyl (C=O) groups is 2. The van der Waals surface area contributed by atoms with E-state index in [2.05, 4.69) is 20.8 Å². The van der Waals surface area contributed by atoms with Crippen LogP contribution >= 0.6 is 11.6 Å². The van der Waals surface area contributed by atoms with Crippen LogP contribution in [0.2, 0.25) is 5.02 Å². The highest BCUT2D eigenvalue weighted by Crippen LogP contribution is 2.51. The number of alkyl halides is 2. The highest BCUT2D eigenvalue weighted by atomic mass is 35.5. The van der Waals surface area contributed by atoms with Gasteiger partial charge in [-0.15, -0.1) is 0 Å². The number of halogens is 3. The number of nitrogens with zero attached hydrogens (tertiary/aromatic N) is 5. The number of aromatic nitrogens is 4. The van der Waals surface area contributed by atoms with E-state index in [4.69, 9.17) is 16.3 Å². The van der Waals surface area contributed by atoms with Crippen molar-refractivity contribution in [1.82, 2.24) is 35.1 Å². The van der Waals surface area contributed by atoms with Crippen molar-refractivity contribution in [1.29, 1.82) is 5.41 Å². The Kier molecular flexibility index (Phi) is 8.87. The first-order valence-electron chi connectivity index (χ1n) is 17.7. The topological polar surface area (TPSA) is 130 Å². The molecule has 14 heteroatoms. The number of benzene rings is 1. The van der Waals surface area contributed by atoms with Crippen LogP contribution in [0.25, 0.3) is 11.3 Å². The second kappa shape index (κ2) is 12.9. The minimum Gasteiger partial charge on any atom is -0.447 e. The van der Waals surface area contributed by atoms with Crippen molar-refractivity contribution in [3.63, 3.8) is 0 Å². The standard InChI is InChI=1S/C38H45ClF2N8O3/c1-35(2,3)22-38(36(4)12-10-24(11-13-36)27-18-44-48(20-27)32(40)41)31(50)49(33(42)45-38)30(21-52-34(51)46-37(5)14-15-37)25-8-9-28(39)29(16-25)47-19-26(17-43-47)23-6-7-23/h8-12,16-20,23,30,32H,6-7,13-15,21-22H2,1-5H3,(H2,42,45)(H,46,51)/t30-,36?,38+/m1/s1. The molecule has 3 atom stereocenters. The molecule has 0 spiro atoms. The highest BCUT2D eigenvalue weighted by Gasteiger charge is 2.61. The van der Waals surface area contributed by atoms with Crippen molar-refractivity contribution < 1.29 is 23.1 Å². The van der Waals surface area contributed by atoms with Crippen molar-refractivity contribution in [3.05, 3.63) is 82.9 Å². The van der Waals surface area contributed by atoms with Gasteiger partial charge in [0.25, 0.3) is 5.91 Å². The number of alkyl carbamates (subject to hydrolysis) is 1. The summed E-state index contributed by atoms with van der Waals surface area (Å²) in [6.45, 7) is 7.07. The summed E-state index contributed by atoms with van der Waals surface area (Å²) in [6.07, 6.45) is 16.3. The molecule has 4 aliphatic rings. The van der Waals surface area contributed by atoms with Gasteiger partial charge in [-0.25, -0.2) is 14.2 Å². The van der Waals surface area contributed by atoms with Gasteiger partial charge in [-0.05, 0) is 85.6 Å². The molecule has 1 aliphatic heterocycles. The predicted octanol–water partition coefficient (Wildman–Crippen LogP) is 7.91. The third-order valence-electron chi connectivity index (χ3n) is 10.8. The van der Waals surface area contributed by atoms with Crippen LogP contribution in [0.5, 0.6) is 0 Å². The van der Waals surface area contributed by atoms with Crippen molar-refractivity contribution in [2.24, 2.45) is 10.8 Å². The maximum atomic E-state index is 15.2. The summed E-state index contributed by atoms with van der Waals surface area (Å²) in [5, 5.41) is 24.4. The minimum absolute atomic E-state index is 0.119. The summed E-state index contributed by atoms with van der Waals surface area (Å²) in [6, 6.07) is 4.47. The monoisotopic (exact) mass is 734 g/mol. The van der Waals surface area contributed by atoms with E-state index in [0.29, 0.717) is 50.9 Å². The molecule has 11 nitrogen and oxygen atoms in total. The molecule has 2 aromatic heterocycles. The van der Waals surface area contributed by atoms with E-state index < -0.39 is 29.6 Å². The van der Waals surface area contributed by atoms with E-state index in [1.54, 1.807) is 16.8 Å². The molecule has 2 amide bonds. The number of hydrogen-bond donors (Lipinski definition) is 3. The van der Waals surface area contributed by atoms with Crippen LogP contribution in [0, 0.1) is 16.2 Å². The number of ether oxygens (including phenoxy) is 1. The maximum Gasteiger partial charge on any atom is 0.407 e. The molecular weight excluding hydrogens is 690 g/mol. The molecule has 276 valence electrons. The molecule has 1 saturated heterocycles. The van der Waals surface area contributed by atoms with Crippen LogP contribution in [0.15, 0.2) is 61.2 Å². The van der Waals surface area contributed by atoms with E-state index in [1.807, 2.05) is 71.3 Å². The van der Waals surface area contributed by atoms with Gasteiger partial charge in [0.2, 0.25) is 0 Å². The van der Waals surface area contributed by atoms with Crippen molar-refractivity contribution in [3.8, 4) is 5.69 Å². The lowest BCUT2D eigenvalue weighted by atomic mass is 9.61. The van der Waals surface area contributed by atoms with Crippen molar-refractivity contribution in [2.45, 2.75) is 103 Å². The molecule has 0 bridgehead atoms. The molecule has 3 N–H and O–H groups in total. The number of carbonyl (C=O) groups excluding carboxylic acids is 2. The van der Waals surface area contributed by atoms with Crippen LogP contribution in [-0.4, -0.2) is 60.1 Å². The first-order chi connectivity index (χ1) is 24.5. The molecule has 0 radical (unpaired) electrons. The Balaban J connectivity index is 1.24. The molecule has 1 aromatic carbocycles. The van der Waals surface area contributed by atoms with Gasteiger partial charge >= 0.3 is 12.6 Å². The first-order valence-corrected chi connectivity index (χ1v) is 18.1. The fourth-order valence-corrected chi connectivity index (χ4v) is 7.56. The van der Waals surface area contributed by atoms with Gasteiger partial charge in [0.15, 0.2) is 5.96 Å². The summed E-state index contributed by atoms with van der Waals surface area (Å²) < 4.78 is 34.7. The van der Waals surface area contributed by atoms with Gasteiger partial charge in [-0.2, -0.15) is 19.0 Å². The largest absolute Gasteiger partial charge is 0.447 e. The number of amides is 2. The van der Waals surface area contributed by atoms with Crippen LogP contribution in [0.3, 0.4) is 0 Å². The van der Waals surface area contributed by atoms with E-state index in [9.17, 15) is 19.0 Å². The second-order valence-corrected chi connectivity index (χ2v) is 16.8. The Morgan fingerprint density at radius 1 is 1.17 bits per heavy atom. The van der Waals surface area contributed by atoms with E-state index >= 15 is 4.79 Å². The summed E-state index contributed by atoms with van der Waals surface area (Å²) in [4.78, 5) is 29.6. The third kappa shape index (κ3) is 6.87. The maximum absolute atomic E-state index is 15.2. The zero-order valence-electron chi connectivity index (χ0n) is 30.1. The van der Waals surface area contributed by atoms with Gasteiger partial charge < -0.3 is 15.4 Å². The Morgan fingerprint density at radius 3 is 2.54 bits per heavy atom. The van der Waals surface area contributed by atoms with Gasteiger partial charge in [0.1, 0.15) is 12.1 Å². The molecule has 3 heterocycles. The SMILES string of the molecule is CC(C)(C)C[C@]1(C2(C)C=CC(c3cnn(C(F)F)c3)=CC2)NC(=N)N([C@H](COC(=O)NC2(C)CC2)c2ccc(Cl)c(-n3cc(C4CC4)cn3)c2)C1=O. The lowest BCUT2D eigenvalue weighted by Gasteiger charge is -2.46. The highest BCUT2D eigenvalue weighted by molar-refractivity contribution is 6.32. The van der Waals surface area contributed by atoms with E-state index in [1.165, 1.54) is 17.3 Å². The number of guanidine groups is 1. The van der Waals surface area contributed by atoms with E-state index in [-0.39, 0.29) is 29.4 Å². The molecular formula is C38H45ClF2N8O3. The predicted molar refractivity (Wildman–Crippen MR) is 193 cm³/mol. The molecule has 7 rings (SSSR count). The normalized spacial score (nSPS) is 24.6. The van der Waals surface area contributed by atoms with E-state index in [0.717, 1.165) is 31.2 Å². The summed E-state index contributed by atoms with van der Waals surface area (Å²) in [7, 11) is 0. The number of allylic oxidation sites excluding steroid dienone is 3. The Hall–Kier alpha value is -4.52. The van der Waals surface area contributed by atoms with Crippen LogP contribution in [0.4, 0.5) is 13.6 Å².